The minimum Gasteiger partial charge on any atom is -0.370 e. The minimum absolute atomic E-state index is 0.200. The van der Waals surface area contributed by atoms with Crippen molar-refractivity contribution in [3.63, 3.8) is 0 Å². The van der Waals surface area contributed by atoms with Gasteiger partial charge in [0, 0.05) is 6.42 Å². The van der Waals surface area contributed by atoms with Crippen molar-refractivity contribution in [2.45, 2.75) is 26.7 Å². The molecule has 0 aromatic heterocycles. The summed E-state index contributed by atoms with van der Waals surface area (Å²) >= 11 is 0. The van der Waals surface area contributed by atoms with Crippen LogP contribution in [0.25, 0.3) is 0 Å². The third kappa shape index (κ3) is 7.33. The van der Waals surface area contributed by atoms with E-state index in [2.05, 4.69) is 12.2 Å². The van der Waals surface area contributed by atoms with E-state index in [1.165, 1.54) is 0 Å². The first-order chi connectivity index (χ1) is 5.16. The summed E-state index contributed by atoms with van der Waals surface area (Å²) in [5, 5.41) is 3.20. The third-order valence-corrected chi connectivity index (χ3v) is 1.61. The lowest BCUT2D eigenvalue weighted by Gasteiger charge is -2.08. The van der Waals surface area contributed by atoms with Gasteiger partial charge in [0.25, 0.3) is 0 Å². The molecule has 0 spiro atoms. The average Bonchev–Trinajstić information content (AvgIpc) is 1.86. The molecule has 0 radical (unpaired) electrons. The van der Waals surface area contributed by atoms with Gasteiger partial charge in [0.2, 0.25) is 5.91 Å². The summed E-state index contributed by atoms with van der Waals surface area (Å²) in [6.45, 7) is 6.08. The van der Waals surface area contributed by atoms with Crippen molar-refractivity contribution in [1.29, 1.82) is 0 Å². The normalized spacial score (nSPS) is 12.9. The Morgan fingerprint density at radius 1 is 1.64 bits per heavy atom. The highest BCUT2D eigenvalue weighted by Crippen LogP contribution is 2.04. The maximum atomic E-state index is 10.4. The molecular weight excluding hydrogens is 140 g/mol. The van der Waals surface area contributed by atoms with E-state index in [-0.39, 0.29) is 5.91 Å². The molecule has 0 fully saturated rings. The lowest BCUT2D eigenvalue weighted by atomic mass is 10.0. The molecule has 11 heavy (non-hydrogen) atoms. The Balaban J connectivity index is 3.22. The Labute approximate surface area is 68.3 Å². The second-order valence-corrected chi connectivity index (χ2v) is 2.92. The Bertz CT molecular complexity index is 115. The molecule has 0 aliphatic carbocycles. The van der Waals surface area contributed by atoms with Crippen LogP contribution < -0.4 is 11.1 Å². The zero-order chi connectivity index (χ0) is 8.69. The van der Waals surface area contributed by atoms with E-state index in [1.54, 1.807) is 0 Å². The molecule has 1 atom stereocenters. The standard InChI is InChI=1S/C8H18N2O/c1-3-10-5-4-7(2)6-8(9)11/h7,10H,3-6H2,1-2H3,(H2,9,11). The number of nitrogens with two attached hydrogens (primary N) is 1. The fraction of sp³-hybridized carbons (Fsp3) is 0.875. The number of hydrogen-bond acceptors (Lipinski definition) is 2. The molecule has 0 aromatic rings. The van der Waals surface area contributed by atoms with Gasteiger partial charge in [-0.1, -0.05) is 13.8 Å². The average molecular weight is 158 g/mol. The van der Waals surface area contributed by atoms with Crippen LogP contribution in [0.1, 0.15) is 26.7 Å². The molecule has 3 nitrogen and oxygen atoms in total. The van der Waals surface area contributed by atoms with Crippen LogP contribution in [0.15, 0.2) is 0 Å². The van der Waals surface area contributed by atoms with E-state index in [1.807, 2.05) is 6.92 Å². The smallest absolute Gasteiger partial charge is 0.217 e. The van der Waals surface area contributed by atoms with Gasteiger partial charge in [-0.15, -0.1) is 0 Å². The second-order valence-electron chi connectivity index (χ2n) is 2.92. The quantitative estimate of drug-likeness (QED) is 0.553. The third-order valence-electron chi connectivity index (χ3n) is 1.61. The Kier molecular flexibility index (Phi) is 5.84. The van der Waals surface area contributed by atoms with Crippen molar-refractivity contribution in [2.75, 3.05) is 13.1 Å². The number of hydrogen-bond donors (Lipinski definition) is 2. The van der Waals surface area contributed by atoms with E-state index in [0.29, 0.717) is 12.3 Å². The van der Waals surface area contributed by atoms with Crippen molar-refractivity contribution in [2.24, 2.45) is 11.7 Å². The maximum Gasteiger partial charge on any atom is 0.217 e. The highest BCUT2D eigenvalue weighted by molar-refractivity contribution is 5.73. The zero-order valence-electron chi connectivity index (χ0n) is 7.39. The van der Waals surface area contributed by atoms with Gasteiger partial charge in [0.05, 0.1) is 0 Å². The van der Waals surface area contributed by atoms with Gasteiger partial charge in [-0.05, 0) is 25.4 Å². The maximum absolute atomic E-state index is 10.4. The summed E-state index contributed by atoms with van der Waals surface area (Å²) in [5.74, 6) is 0.209. The molecule has 3 N–H and O–H groups in total. The fourth-order valence-electron chi connectivity index (χ4n) is 0.971. The topological polar surface area (TPSA) is 55.1 Å². The number of carbonyl (C=O) groups is 1. The summed E-state index contributed by atoms with van der Waals surface area (Å²) in [5.41, 5.74) is 5.04. The Hall–Kier alpha value is -0.570. The SMILES string of the molecule is CCNCCC(C)CC(N)=O. The molecule has 0 bridgehead atoms. The van der Waals surface area contributed by atoms with Crippen LogP contribution >= 0.6 is 0 Å². The van der Waals surface area contributed by atoms with Crippen molar-refractivity contribution in [3.05, 3.63) is 0 Å². The molecule has 1 unspecified atom stereocenters. The number of carbonyl (C=O) groups excluding carboxylic acids is 1. The number of primary amides is 1. The summed E-state index contributed by atoms with van der Waals surface area (Å²) in [6, 6.07) is 0. The second kappa shape index (κ2) is 6.16. The van der Waals surface area contributed by atoms with Crippen LogP contribution in [0.3, 0.4) is 0 Å². The van der Waals surface area contributed by atoms with Gasteiger partial charge in [-0.2, -0.15) is 0 Å². The molecule has 3 heteroatoms. The first-order valence-electron chi connectivity index (χ1n) is 4.15. The first kappa shape index (κ1) is 10.4. The molecule has 0 rings (SSSR count). The summed E-state index contributed by atoms with van der Waals surface area (Å²) in [4.78, 5) is 10.4. The van der Waals surface area contributed by atoms with Gasteiger partial charge < -0.3 is 11.1 Å². The molecule has 1 amide bonds. The highest BCUT2D eigenvalue weighted by Gasteiger charge is 2.04. The van der Waals surface area contributed by atoms with Gasteiger partial charge >= 0.3 is 0 Å². The zero-order valence-corrected chi connectivity index (χ0v) is 7.39. The monoisotopic (exact) mass is 158 g/mol. The molecular formula is C8H18N2O. The van der Waals surface area contributed by atoms with E-state index in [0.717, 1.165) is 19.5 Å². The van der Waals surface area contributed by atoms with Crippen LogP contribution in [-0.2, 0) is 4.79 Å². The van der Waals surface area contributed by atoms with E-state index in [4.69, 9.17) is 5.73 Å². The molecule has 0 saturated carbocycles. The Morgan fingerprint density at radius 2 is 2.27 bits per heavy atom. The first-order valence-corrected chi connectivity index (χ1v) is 4.15. The lowest BCUT2D eigenvalue weighted by molar-refractivity contribution is -0.118. The van der Waals surface area contributed by atoms with E-state index >= 15 is 0 Å². The summed E-state index contributed by atoms with van der Waals surface area (Å²) in [7, 11) is 0. The minimum atomic E-state index is -0.200. The molecule has 0 aliphatic rings. The van der Waals surface area contributed by atoms with Gasteiger partial charge in [0.15, 0.2) is 0 Å². The van der Waals surface area contributed by atoms with Gasteiger partial charge in [0.1, 0.15) is 0 Å². The van der Waals surface area contributed by atoms with Crippen LogP contribution in [0.2, 0.25) is 0 Å². The van der Waals surface area contributed by atoms with Crippen molar-refractivity contribution < 1.29 is 4.79 Å². The molecule has 0 aromatic carbocycles. The molecule has 0 saturated heterocycles. The van der Waals surface area contributed by atoms with Crippen LogP contribution in [-0.4, -0.2) is 19.0 Å². The van der Waals surface area contributed by atoms with Gasteiger partial charge in [-0.3, -0.25) is 4.79 Å². The van der Waals surface area contributed by atoms with Crippen molar-refractivity contribution in [1.82, 2.24) is 5.32 Å². The molecule has 66 valence electrons. The highest BCUT2D eigenvalue weighted by atomic mass is 16.1. The molecule has 0 aliphatic heterocycles. The predicted octanol–water partition coefficient (Wildman–Crippen LogP) is 0.497. The summed E-state index contributed by atoms with van der Waals surface area (Å²) in [6.07, 6.45) is 1.53. The number of amides is 1. The van der Waals surface area contributed by atoms with Crippen molar-refractivity contribution >= 4 is 5.91 Å². The lowest BCUT2D eigenvalue weighted by Crippen LogP contribution is -2.20. The Morgan fingerprint density at radius 3 is 2.73 bits per heavy atom. The van der Waals surface area contributed by atoms with Crippen LogP contribution in [0, 0.1) is 5.92 Å². The van der Waals surface area contributed by atoms with E-state index < -0.39 is 0 Å². The largest absolute Gasteiger partial charge is 0.370 e. The fourth-order valence-corrected chi connectivity index (χ4v) is 0.971. The van der Waals surface area contributed by atoms with Crippen LogP contribution in [0.4, 0.5) is 0 Å². The number of nitrogens with one attached hydrogen (secondary N) is 1. The number of rotatable bonds is 6. The van der Waals surface area contributed by atoms with Gasteiger partial charge in [-0.25, -0.2) is 0 Å². The van der Waals surface area contributed by atoms with Crippen LogP contribution in [0.5, 0.6) is 0 Å². The predicted molar refractivity (Wildman–Crippen MR) is 46.1 cm³/mol. The molecule has 0 heterocycles. The van der Waals surface area contributed by atoms with Crippen molar-refractivity contribution in [3.8, 4) is 0 Å². The van der Waals surface area contributed by atoms with E-state index in [9.17, 15) is 4.79 Å². The summed E-state index contributed by atoms with van der Waals surface area (Å²) < 4.78 is 0.